The molecule has 4 heterocycles. The molecule has 2 aromatic heterocycles. The average Bonchev–Trinajstić information content (AvgIpc) is 3.14. The van der Waals surface area contributed by atoms with Gasteiger partial charge in [-0.15, -0.1) is 0 Å². The van der Waals surface area contributed by atoms with Crippen LogP contribution in [0.4, 0.5) is 18.0 Å². The number of nitrogens with one attached hydrogen (secondary N) is 1. The van der Waals surface area contributed by atoms with Crippen molar-refractivity contribution in [3.8, 4) is 0 Å². The van der Waals surface area contributed by atoms with Crippen molar-refractivity contribution >= 4 is 6.03 Å². The predicted molar refractivity (Wildman–Crippen MR) is 107 cm³/mol. The minimum Gasteiger partial charge on any atom is -0.323 e. The summed E-state index contributed by atoms with van der Waals surface area (Å²) in [6.07, 6.45) is 2.98. The van der Waals surface area contributed by atoms with E-state index in [4.69, 9.17) is 0 Å². The number of carbonyl (C=O) groups is 1. The largest absolute Gasteiger partial charge is 0.417 e. The molecule has 0 atom stereocenters. The van der Waals surface area contributed by atoms with Gasteiger partial charge >= 0.3 is 12.2 Å². The number of nitrogens with zero attached hydrogens (tertiary/aromatic N) is 5. The zero-order chi connectivity index (χ0) is 22.1. The maximum Gasteiger partial charge on any atom is 0.417 e. The van der Waals surface area contributed by atoms with Gasteiger partial charge in [-0.2, -0.15) is 18.3 Å². The number of amides is 2. The van der Waals surface area contributed by atoms with Crippen LogP contribution in [0.5, 0.6) is 0 Å². The first-order valence-corrected chi connectivity index (χ1v) is 11.1. The number of aromatic nitrogens is 4. The molecule has 4 fully saturated rings. The molecule has 170 valence electrons. The number of H-pyrrole nitrogens is 1. The summed E-state index contributed by atoms with van der Waals surface area (Å²) in [6, 6.07) is 2.74. The Hall–Kier alpha value is -2.65. The van der Waals surface area contributed by atoms with Gasteiger partial charge in [-0.05, 0) is 50.2 Å². The number of rotatable bonds is 3. The Bertz CT molecular complexity index is 993. The fourth-order valence-corrected chi connectivity index (χ4v) is 6.42. The number of hydrogen-bond acceptors (Lipinski definition) is 4. The number of likely N-dealkylation sites (tertiary alicyclic amines) is 2. The van der Waals surface area contributed by atoms with Crippen LogP contribution < -0.4 is 0 Å². The van der Waals surface area contributed by atoms with Crippen LogP contribution in [-0.2, 0) is 12.6 Å². The fraction of sp³-hybridized carbons (Fsp3) is 0.636. The normalized spacial score (nSPS) is 24.1. The van der Waals surface area contributed by atoms with E-state index in [2.05, 4.69) is 20.2 Å². The number of carbonyl (C=O) groups excluding carboxylic acids is 1. The summed E-state index contributed by atoms with van der Waals surface area (Å²) < 4.78 is 38.0. The van der Waals surface area contributed by atoms with E-state index in [1.165, 1.54) is 6.07 Å². The van der Waals surface area contributed by atoms with Crippen molar-refractivity contribution in [2.24, 2.45) is 16.7 Å². The van der Waals surface area contributed by atoms with Crippen molar-refractivity contribution in [2.75, 3.05) is 26.2 Å². The fourth-order valence-electron chi connectivity index (χ4n) is 6.42. The third-order valence-corrected chi connectivity index (χ3v) is 7.92. The van der Waals surface area contributed by atoms with E-state index in [0.717, 1.165) is 69.9 Å². The van der Waals surface area contributed by atoms with Crippen molar-refractivity contribution in [1.29, 1.82) is 0 Å². The minimum atomic E-state index is -4.35. The van der Waals surface area contributed by atoms with Crippen LogP contribution >= 0.6 is 0 Å². The molecule has 6 rings (SSSR count). The molecular formula is C22H25F3N6O. The quantitative estimate of drug-likeness (QED) is 0.783. The molecule has 2 aliphatic carbocycles. The summed E-state index contributed by atoms with van der Waals surface area (Å²) in [7, 11) is 0. The number of urea groups is 1. The van der Waals surface area contributed by atoms with Crippen LogP contribution in [0.15, 0.2) is 24.7 Å². The van der Waals surface area contributed by atoms with Crippen molar-refractivity contribution < 1.29 is 18.0 Å². The van der Waals surface area contributed by atoms with E-state index in [0.29, 0.717) is 24.0 Å². The van der Waals surface area contributed by atoms with Crippen LogP contribution in [0.25, 0.3) is 0 Å². The maximum atomic E-state index is 12.8. The highest BCUT2D eigenvalue weighted by Crippen LogP contribution is 2.57. The Kier molecular flexibility index (Phi) is 4.17. The molecule has 1 N–H and O–H groups in total. The summed E-state index contributed by atoms with van der Waals surface area (Å²) in [5.74, 6) is 1.83. The highest BCUT2D eigenvalue weighted by atomic mass is 19.4. The van der Waals surface area contributed by atoms with Crippen molar-refractivity contribution in [3.63, 3.8) is 0 Å². The number of hydrogen-bond donors (Lipinski definition) is 1. The second-order valence-corrected chi connectivity index (χ2v) is 10.5. The lowest BCUT2D eigenvalue weighted by atomic mass is 9.56. The maximum absolute atomic E-state index is 12.8. The minimum absolute atomic E-state index is 0.150. The third-order valence-electron chi connectivity index (χ3n) is 7.92. The summed E-state index contributed by atoms with van der Waals surface area (Å²) in [6.45, 7) is 3.27. The highest BCUT2D eigenvalue weighted by molar-refractivity contribution is 5.77. The molecule has 4 aliphatic rings. The van der Waals surface area contributed by atoms with E-state index in [-0.39, 0.29) is 16.9 Å². The Morgan fingerprint density at radius 1 is 1.03 bits per heavy atom. The van der Waals surface area contributed by atoms with Crippen LogP contribution in [0, 0.1) is 16.7 Å². The Morgan fingerprint density at radius 2 is 1.69 bits per heavy atom. The van der Waals surface area contributed by atoms with Gasteiger partial charge in [0.1, 0.15) is 12.2 Å². The van der Waals surface area contributed by atoms with Crippen LogP contribution in [0.2, 0.25) is 0 Å². The van der Waals surface area contributed by atoms with E-state index < -0.39 is 11.7 Å². The molecule has 2 amide bonds. The summed E-state index contributed by atoms with van der Waals surface area (Å²) in [5.41, 5.74) is 0.483. The Morgan fingerprint density at radius 3 is 2.22 bits per heavy atom. The first kappa shape index (κ1) is 20.0. The summed E-state index contributed by atoms with van der Waals surface area (Å²) in [4.78, 5) is 24.9. The molecule has 2 saturated carbocycles. The van der Waals surface area contributed by atoms with Gasteiger partial charge in [0.15, 0.2) is 0 Å². The van der Waals surface area contributed by atoms with Crippen molar-refractivity contribution in [1.82, 2.24) is 30.0 Å². The standard InChI is InChI=1S/C22H25F3N6O/c23-22(24,25)16-1-2-17(26-8-16)3-14-4-20(5-14)9-30(10-20)19(32)31-11-21(12-31)6-15(7-21)18-27-13-28-29-18/h1-2,8,13-15H,3-7,9-12H2,(H,27,28,29). The second kappa shape index (κ2) is 6.68. The molecule has 32 heavy (non-hydrogen) atoms. The monoisotopic (exact) mass is 446 g/mol. The van der Waals surface area contributed by atoms with E-state index in [1.54, 1.807) is 6.33 Å². The molecule has 2 saturated heterocycles. The Balaban J connectivity index is 0.930. The van der Waals surface area contributed by atoms with Gasteiger partial charge < -0.3 is 9.80 Å². The van der Waals surface area contributed by atoms with E-state index in [9.17, 15) is 18.0 Å². The molecule has 10 heteroatoms. The Labute approximate surface area is 183 Å². The summed E-state index contributed by atoms with van der Waals surface area (Å²) >= 11 is 0. The average molecular weight is 446 g/mol. The molecule has 2 aliphatic heterocycles. The van der Waals surface area contributed by atoms with Gasteiger partial charge in [-0.3, -0.25) is 10.1 Å². The van der Waals surface area contributed by atoms with Gasteiger partial charge in [0.05, 0.1) is 5.56 Å². The molecule has 2 aromatic rings. The van der Waals surface area contributed by atoms with Crippen molar-refractivity contribution in [3.05, 3.63) is 41.7 Å². The molecule has 0 aromatic carbocycles. The number of aromatic amines is 1. The molecule has 0 bridgehead atoms. The number of pyridine rings is 1. The first-order chi connectivity index (χ1) is 15.2. The molecule has 7 nitrogen and oxygen atoms in total. The molecule has 0 radical (unpaired) electrons. The lowest BCUT2D eigenvalue weighted by Crippen LogP contribution is -2.70. The topological polar surface area (TPSA) is 78.0 Å². The smallest absolute Gasteiger partial charge is 0.323 e. The van der Waals surface area contributed by atoms with Gasteiger partial charge in [-0.1, -0.05) is 0 Å². The van der Waals surface area contributed by atoms with Gasteiger partial charge in [0.2, 0.25) is 0 Å². The first-order valence-electron chi connectivity index (χ1n) is 11.1. The van der Waals surface area contributed by atoms with Gasteiger partial charge in [0.25, 0.3) is 0 Å². The predicted octanol–water partition coefficient (Wildman–Crippen LogP) is 3.47. The van der Waals surface area contributed by atoms with Crippen molar-refractivity contribution in [2.45, 2.75) is 44.2 Å². The SMILES string of the molecule is O=C(N1CC2(CC(Cc3ccc(C(F)(F)F)cn3)C2)C1)N1CC2(CC(c3ncn[nH]3)C2)C1. The van der Waals surface area contributed by atoms with E-state index >= 15 is 0 Å². The van der Waals surface area contributed by atoms with Crippen LogP contribution in [0.3, 0.4) is 0 Å². The molecule has 0 unspecified atom stereocenters. The third kappa shape index (κ3) is 3.26. The zero-order valence-corrected chi connectivity index (χ0v) is 17.6. The van der Waals surface area contributed by atoms with Gasteiger partial charge in [0, 0.05) is 54.8 Å². The molecule has 2 spiro atoms. The second-order valence-electron chi connectivity index (χ2n) is 10.5. The van der Waals surface area contributed by atoms with Gasteiger partial charge in [-0.25, -0.2) is 9.78 Å². The number of alkyl halides is 3. The summed E-state index contributed by atoms with van der Waals surface area (Å²) in [5, 5.41) is 6.86. The van der Waals surface area contributed by atoms with Crippen LogP contribution in [-0.4, -0.2) is 62.2 Å². The number of halogens is 3. The lowest BCUT2D eigenvalue weighted by molar-refractivity contribution is -0.137. The van der Waals surface area contributed by atoms with E-state index in [1.807, 2.05) is 9.80 Å². The zero-order valence-electron chi connectivity index (χ0n) is 17.6. The van der Waals surface area contributed by atoms with Crippen LogP contribution in [0.1, 0.15) is 48.7 Å². The lowest BCUT2D eigenvalue weighted by Gasteiger charge is -2.63. The molecular weight excluding hydrogens is 421 g/mol. The highest BCUT2D eigenvalue weighted by Gasteiger charge is 2.58.